The molecular weight excluding hydrogens is 408 g/mol. The molecule has 0 saturated carbocycles. The highest BCUT2D eigenvalue weighted by Gasteiger charge is 2.29. The summed E-state index contributed by atoms with van der Waals surface area (Å²) in [7, 11) is 0. The molecule has 3 atom stereocenters. The Kier molecular flexibility index (Phi) is 10.6. The SMILES string of the molecule is C=CC[C@@H](COCc1ccccc1)[C@@H](OCc1ccccc1)[C@@H](C=C)OCc1ccccc1. The van der Waals surface area contributed by atoms with Crippen molar-refractivity contribution in [2.45, 2.75) is 38.4 Å². The number of allylic oxidation sites excluding steroid dienone is 1. The lowest BCUT2D eigenvalue weighted by atomic mass is 9.94. The van der Waals surface area contributed by atoms with Crippen molar-refractivity contribution >= 4 is 0 Å². The van der Waals surface area contributed by atoms with Gasteiger partial charge in [0.25, 0.3) is 0 Å². The molecular formula is C30H34O3. The van der Waals surface area contributed by atoms with Crippen LogP contribution in [-0.4, -0.2) is 18.8 Å². The number of hydrogen-bond donors (Lipinski definition) is 0. The molecule has 0 aliphatic rings. The highest BCUT2D eigenvalue weighted by atomic mass is 16.5. The Morgan fingerprint density at radius 1 is 0.636 bits per heavy atom. The van der Waals surface area contributed by atoms with Gasteiger partial charge < -0.3 is 14.2 Å². The lowest BCUT2D eigenvalue weighted by molar-refractivity contribution is -0.105. The average molecular weight is 443 g/mol. The smallest absolute Gasteiger partial charge is 0.102 e. The molecule has 0 unspecified atom stereocenters. The summed E-state index contributed by atoms with van der Waals surface area (Å²) in [6.45, 7) is 10.1. The lowest BCUT2D eigenvalue weighted by Crippen LogP contribution is -2.38. The highest BCUT2D eigenvalue weighted by molar-refractivity contribution is 5.15. The van der Waals surface area contributed by atoms with E-state index < -0.39 is 0 Å². The molecule has 0 N–H and O–H groups in total. The minimum absolute atomic E-state index is 0.0775. The molecule has 0 fully saturated rings. The Bertz CT molecular complexity index is 925. The van der Waals surface area contributed by atoms with Gasteiger partial charge in [0.05, 0.1) is 32.5 Å². The third-order valence-corrected chi connectivity index (χ3v) is 5.50. The van der Waals surface area contributed by atoms with Gasteiger partial charge in [-0.1, -0.05) is 103 Å². The van der Waals surface area contributed by atoms with Crippen LogP contribution in [-0.2, 0) is 34.0 Å². The van der Waals surface area contributed by atoms with Gasteiger partial charge in [-0.15, -0.1) is 13.2 Å². The second-order valence-electron chi connectivity index (χ2n) is 8.04. The van der Waals surface area contributed by atoms with Gasteiger partial charge in [0.2, 0.25) is 0 Å². The van der Waals surface area contributed by atoms with E-state index in [2.05, 4.69) is 49.6 Å². The molecule has 0 spiro atoms. The van der Waals surface area contributed by atoms with Crippen molar-refractivity contribution in [2.75, 3.05) is 6.61 Å². The monoisotopic (exact) mass is 442 g/mol. The predicted octanol–water partition coefficient (Wildman–Crippen LogP) is 6.75. The van der Waals surface area contributed by atoms with Crippen LogP contribution in [0.2, 0.25) is 0 Å². The van der Waals surface area contributed by atoms with Crippen LogP contribution in [0.3, 0.4) is 0 Å². The first-order valence-electron chi connectivity index (χ1n) is 11.5. The maximum Gasteiger partial charge on any atom is 0.102 e. The normalized spacial score (nSPS) is 13.7. The average Bonchev–Trinajstić information content (AvgIpc) is 2.87. The molecule has 3 heteroatoms. The van der Waals surface area contributed by atoms with Gasteiger partial charge in [0.1, 0.15) is 6.10 Å². The number of hydrogen-bond acceptors (Lipinski definition) is 3. The van der Waals surface area contributed by atoms with Crippen molar-refractivity contribution in [3.63, 3.8) is 0 Å². The van der Waals surface area contributed by atoms with Crippen molar-refractivity contribution in [3.8, 4) is 0 Å². The zero-order valence-corrected chi connectivity index (χ0v) is 19.2. The number of rotatable bonds is 15. The van der Waals surface area contributed by atoms with E-state index >= 15 is 0 Å². The molecule has 3 aromatic carbocycles. The summed E-state index contributed by atoms with van der Waals surface area (Å²) in [5.74, 6) is 0.0775. The summed E-state index contributed by atoms with van der Waals surface area (Å²) >= 11 is 0. The highest BCUT2D eigenvalue weighted by Crippen LogP contribution is 2.23. The molecule has 0 bridgehead atoms. The van der Waals surface area contributed by atoms with Crippen LogP contribution in [0.4, 0.5) is 0 Å². The van der Waals surface area contributed by atoms with Crippen LogP contribution in [0, 0.1) is 5.92 Å². The Labute approximate surface area is 198 Å². The quantitative estimate of drug-likeness (QED) is 0.244. The molecule has 0 radical (unpaired) electrons. The Morgan fingerprint density at radius 3 is 1.61 bits per heavy atom. The second-order valence-corrected chi connectivity index (χ2v) is 8.04. The van der Waals surface area contributed by atoms with Gasteiger partial charge >= 0.3 is 0 Å². The van der Waals surface area contributed by atoms with Gasteiger partial charge in [-0.05, 0) is 23.1 Å². The van der Waals surface area contributed by atoms with Crippen LogP contribution in [0.5, 0.6) is 0 Å². The van der Waals surface area contributed by atoms with E-state index in [1.54, 1.807) is 0 Å². The topological polar surface area (TPSA) is 27.7 Å². The molecule has 0 aliphatic carbocycles. The second kappa shape index (κ2) is 14.2. The van der Waals surface area contributed by atoms with E-state index in [0.717, 1.165) is 23.1 Å². The summed E-state index contributed by atoms with van der Waals surface area (Å²) in [4.78, 5) is 0. The fraction of sp³-hybridized carbons (Fsp3) is 0.267. The summed E-state index contributed by atoms with van der Waals surface area (Å²) in [6.07, 6.45) is 4.02. The third-order valence-electron chi connectivity index (χ3n) is 5.50. The van der Waals surface area contributed by atoms with Crippen molar-refractivity contribution in [1.29, 1.82) is 0 Å². The fourth-order valence-corrected chi connectivity index (χ4v) is 3.74. The van der Waals surface area contributed by atoms with Gasteiger partial charge in [-0.25, -0.2) is 0 Å². The van der Waals surface area contributed by atoms with Gasteiger partial charge in [-0.2, -0.15) is 0 Å². The van der Waals surface area contributed by atoms with E-state index in [-0.39, 0.29) is 18.1 Å². The third kappa shape index (κ3) is 8.47. The Hall–Kier alpha value is -2.98. The first-order valence-corrected chi connectivity index (χ1v) is 11.5. The zero-order chi connectivity index (χ0) is 23.1. The van der Waals surface area contributed by atoms with E-state index in [1.165, 1.54) is 0 Å². The molecule has 0 heterocycles. The van der Waals surface area contributed by atoms with Gasteiger partial charge in [-0.3, -0.25) is 0 Å². The minimum Gasteiger partial charge on any atom is -0.376 e. The van der Waals surface area contributed by atoms with Crippen LogP contribution < -0.4 is 0 Å². The van der Waals surface area contributed by atoms with Crippen LogP contribution in [0.15, 0.2) is 116 Å². The largest absolute Gasteiger partial charge is 0.376 e. The molecule has 0 saturated heterocycles. The van der Waals surface area contributed by atoms with Crippen molar-refractivity contribution < 1.29 is 14.2 Å². The molecule has 0 aromatic heterocycles. The molecule has 0 amide bonds. The fourth-order valence-electron chi connectivity index (χ4n) is 3.74. The van der Waals surface area contributed by atoms with Crippen LogP contribution in [0.1, 0.15) is 23.1 Å². The maximum atomic E-state index is 6.46. The Balaban J connectivity index is 1.70. The first kappa shape index (κ1) is 24.7. The van der Waals surface area contributed by atoms with Crippen LogP contribution in [0.25, 0.3) is 0 Å². The molecule has 172 valence electrons. The van der Waals surface area contributed by atoms with E-state index in [1.807, 2.05) is 66.7 Å². The van der Waals surface area contributed by atoms with Crippen LogP contribution >= 0.6 is 0 Å². The van der Waals surface area contributed by atoms with Gasteiger partial charge in [0, 0.05) is 5.92 Å². The lowest BCUT2D eigenvalue weighted by Gasteiger charge is -2.32. The zero-order valence-electron chi connectivity index (χ0n) is 19.2. The predicted molar refractivity (Wildman–Crippen MR) is 135 cm³/mol. The standard InChI is InChI=1S/C30H34O3/c1-3-14-28(24-31-21-25-15-8-5-9-16-25)30(33-23-27-19-12-7-13-20-27)29(4-2)32-22-26-17-10-6-11-18-26/h3-13,15-20,28-30H,1-2,14,21-24H2/t28-,29+,30+/m0/s1. The first-order chi connectivity index (χ1) is 16.3. The molecule has 3 rings (SSSR count). The molecule has 3 nitrogen and oxygen atoms in total. The van der Waals surface area contributed by atoms with Gasteiger partial charge in [0.15, 0.2) is 0 Å². The number of ether oxygens (including phenoxy) is 3. The maximum absolute atomic E-state index is 6.46. The summed E-state index contributed by atoms with van der Waals surface area (Å²) in [5, 5.41) is 0. The van der Waals surface area contributed by atoms with Crippen molar-refractivity contribution in [1.82, 2.24) is 0 Å². The van der Waals surface area contributed by atoms with E-state index in [4.69, 9.17) is 14.2 Å². The van der Waals surface area contributed by atoms with Crippen molar-refractivity contribution in [3.05, 3.63) is 133 Å². The summed E-state index contributed by atoms with van der Waals surface area (Å²) in [6, 6.07) is 30.5. The summed E-state index contributed by atoms with van der Waals surface area (Å²) < 4.78 is 18.9. The summed E-state index contributed by atoms with van der Waals surface area (Å²) in [5.41, 5.74) is 3.39. The van der Waals surface area contributed by atoms with E-state index in [9.17, 15) is 0 Å². The molecule has 0 aliphatic heterocycles. The molecule has 33 heavy (non-hydrogen) atoms. The minimum atomic E-state index is -0.279. The Morgan fingerprint density at radius 2 is 1.12 bits per heavy atom. The van der Waals surface area contributed by atoms with Crippen molar-refractivity contribution in [2.24, 2.45) is 5.92 Å². The van der Waals surface area contributed by atoms with E-state index in [0.29, 0.717) is 26.4 Å². The molecule has 3 aromatic rings. The number of benzene rings is 3.